The Labute approximate surface area is 152 Å². The predicted molar refractivity (Wildman–Crippen MR) is 98.9 cm³/mol. The van der Waals surface area contributed by atoms with E-state index < -0.39 is 0 Å². The molecule has 4 nitrogen and oxygen atoms in total. The molecule has 0 spiro atoms. The summed E-state index contributed by atoms with van der Waals surface area (Å²) in [4.78, 5) is 15.1. The number of fused-ring (bicyclic) bond motifs is 2. The molecule has 0 radical (unpaired) electrons. The van der Waals surface area contributed by atoms with Crippen molar-refractivity contribution < 1.29 is 9.69 Å². The van der Waals surface area contributed by atoms with Crippen molar-refractivity contribution in [2.45, 2.75) is 38.6 Å². The van der Waals surface area contributed by atoms with E-state index in [1.54, 1.807) is 11.3 Å². The largest absolute Gasteiger partial charge is 0.323 e. The zero-order valence-corrected chi connectivity index (χ0v) is 15.0. The molecule has 1 atom stereocenters. The lowest BCUT2D eigenvalue weighted by Gasteiger charge is -2.25. The quantitative estimate of drug-likeness (QED) is 0.889. The van der Waals surface area contributed by atoms with Crippen molar-refractivity contribution in [2.24, 2.45) is 0 Å². The SMILES string of the molecule is N#Cc1c(NC(=O)C[NH+]2CCc3ccccc3C2)sc2c1CCCC2. The van der Waals surface area contributed by atoms with Crippen LogP contribution in [0, 0.1) is 11.3 Å². The Morgan fingerprint density at radius 1 is 1.20 bits per heavy atom. The number of amides is 1. The van der Waals surface area contributed by atoms with Gasteiger partial charge in [-0.25, -0.2) is 0 Å². The Kier molecular flexibility index (Phi) is 4.56. The molecule has 1 aliphatic carbocycles. The monoisotopic (exact) mass is 352 g/mol. The first-order chi connectivity index (χ1) is 12.2. The maximum absolute atomic E-state index is 12.5. The van der Waals surface area contributed by atoms with Crippen molar-refractivity contribution in [3.8, 4) is 6.07 Å². The van der Waals surface area contributed by atoms with E-state index in [0.29, 0.717) is 12.1 Å². The van der Waals surface area contributed by atoms with Gasteiger partial charge in [-0.15, -0.1) is 11.3 Å². The van der Waals surface area contributed by atoms with Gasteiger partial charge in [-0.3, -0.25) is 4.79 Å². The first kappa shape index (κ1) is 16.3. The third-order valence-corrected chi connectivity index (χ3v) is 6.46. The summed E-state index contributed by atoms with van der Waals surface area (Å²) < 4.78 is 0. The zero-order chi connectivity index (χ0) is 17.2. The molecule has 1 aromatic carbocycles. The van der Waals surface area contributed by atoms with Crippen molar-refractivity contribution in [2.75, 3.05) is 18.4 Å². The minimum Gasteiger partial charge on any atom is -0.323 e. The number of carbonyl (C=O) groups excluding carboxylic acids is 1. The Hall–Kier alpha value is -2.16. The summed E-state index contributed by atoms with van der Waals surface area (Å²) >= 11 is 1.60. The number of nitrogens with zero attached hydrogens (tertiary/aromatic N) is 1. The molecule has 1 amide bonds. The van der Waals surface area contributed by atoms with Gasteiger partial charge < -0.3 is 10.2 Å². The van der Waals surface area contributed by atoms with E-state index in [2.05, 4.69) is 35.7 Å². The van der Waals surface area contributed by atoms with E-state index in [4.69, 9.17) is 0 Å². The number of rotatable bonds is 3. The van der Waals surface area contributed by atoms with Gasteiger partial charge in [-0.05, 0) is 36.8 Å². The fourth-order valence-corrected chi connectivity index (χ4v) is 5.22. The molecule has 2 heterocycles. The van der Waals surface area contributed by atoms with Crippen LogP contribution in [0.25, 0.3) is 0 Å². The lowest BCUT2D eigenvalue weighted by atomic mass is 9.96. The van der Waals surface area contributed by atoms with E-state index in [9.17, 15) is 10.1 Å². The Morgan fingerprint density at radius 2 is 2.00 bits per heavy atom. The molecular formula is C20H22N3OS+. The molecule has 0 bridgehead atoms. The van der Waals surface area contributed by atoms with Crippen LogP contribution in [0.3, 0.4) is 0 Å². The summed E-state index contributed by atoms with van der Waals surface area (Å²) in [5, 5.41) is 13.3. The Bertz CT molecular complexity index is 849. The minimum atomic E-state index is 0.0180. The fourth-order valence-electron chi connectivity index (χ4n) is 3.96. The van der Waals surface area contributed by atoms with Crippen molar-refractivity contribution in [1.82, 2.24) is 0 Å². The van der Waals surface area contributed by atoms with Crippen LogP contribution in [0.5, 0.6) is 0 Å². The molecule has 2 N–H and O–H groups in total. The maximum Gasteiger partial charge on any atom is 0.280 e. The van der Waals surface area contributed by atoms with Crippen molar-refractivity contribution in [1.29, 1.82) is 5.26 Å². The lowest BCUT2D eigenvalue weighted by Crippen LogP contribution is -3.12. The van der Waals surface area contributed by atoms with Crippen LogP contribution >= 0.6 is 11.3 Å². The number of hydrogen-bond acceptors (Lipinski definition) is 3. The highest BCUT2D eigenvalue weighted by atomic mass is 32.1. The minimum absolute atomic E-state index is 0.0180. The summed E-state index contributed by atoms with van der Waals surface area (Å²) in [6.07, 6.45) is 5.36. The van der Waals surface area contributed by atoms with Gasteiger partial charge in [0.05, 0.1) is 12.1 Å². The van der Waals surface area contributed by atoms with Gasteiger partial charge in [0.25, 0.3) is 5.91 Å². The highest BCUT2D eigenvalue weighted by Gasteiger charge is 2.24. The Balaban J connectivity index is 1.43. The lowest BCUT2D eigenvalue weighted by molar-refractivity contribution is -0.907. The first-order valence-corrected chi connectivity index (χ1v) is 9.81. The van der Waals surface area contributed by atoms with E-state index in [1.807, 2.05) is 0 Å². The van der Waals surface area contributed by atoms with Crippen molar-refractivity contribution >= 4 is 22.2 Å². The van der Waals surface area contributed by atoms with Crippen LogP contribution in [0.1, 0.15) is 40.0 Å². The number of carbonyl (C=O) groups is 1. The molecule has 25 heavy (non-hydrogen) atoms. The normalized spacial score (nSPS) is 18.8. The summed E-state index contributed by atoms with van der Waals surface area (Å²) in [6.45, 7) is 2.34. The second kappa shape index (κ2) is 6.99. The molecule has 1 unspecified atom stereocenters. The summed E-state index contributed by atoms with van der Waals surface area (Å²) in [5.74, 6) is 0.0180. The van der Waals surface area contributed by atoms with Gasteiger partial charge in [0.15, 0.2) is 6.54 Å². The number of benzene rings is 1. The molecular weight excluding hydrogens is 330 g/mol. The van der Waals surface area contributed by atoms with Gasteiger partial charge in [0.2, 0.25) is 0 Å². The maximum atomic E-state index is 12.5. The van der Waals surface area contributed by atoms with Gasteiger partial charge >= 0.3 is 0 Å². The number of anilines is 1. The van der Waals surface area contributed by atoms with Crippen molar-refractivity contribution in [3.05, 3.63) is 51.4 Å². The smallest absolute Gasteiger partial charge is 0.280 e. The molecule has 5 heteroatoms. The zero-order valence-electron chi connectivity index (χ0n) is 14.2. The van der Waals surface area contributed by atoms with Gasteiger partial charge in [-0.1, -0.05) is 24.3 Å². The molecule has 1 aliphatic heterocycles. The number of aryl methyl sites for hydroxylation is 1. The standard InChI is InChI=1S/C20H21N3OS/c21-11-17-16-7-3-4-8-18(16)25-20(17)22-19(24)13-23-10-9-14-5-1-2-6-15(14)12-23/h1-2,5-6H,3-4,7-10,12-13H2,(H,22,24)/p+1. The number of quaternary nitrogens is 1. The first-order valence-electron chi connectivity index (χ1n) is 8.99. The number of thiophene rings is 1. The molecule has 2 aromatic rings. The fraction of sp³-hybridized carbons (Fsp3) is 0.400. The van der Waals surface area contributed by atoms with E-state index in [1.165, 1.54) is 32.9 Å². The van der Waals surface area contributed by atoms with E-state index in [0.717, 1.165) is 43.8 Å². The van der Waals surface area contributed by atoms with Crippen LogP contribution in [0.15, 0.2) is 24.3 Å². The van der Waals surface area contributed by atoms with Crippen LogP contribution in [0.2, 0.25) is 0 Å². The van der Waals surface area contributed by atoms with Crippen molar-refractivity contribution in [3.63, 3.8) is 0 Å². The summed E-state index contributed by atoms with van der Waals surface area (Å²) in [5.41, 5.74) is 4.63. The number of hydrogen-bond donors (Lipinski definition) is 2. The third kappa shape index (κ3) is 3.33. The average molecular weight is 352 g/mol. The van der Waals surface area contributed by atoms with Crippen LogP contribution in [-0.2, 0) is 30.6 Å². The van der Waals surface area contributed by atoms with Gasteiger partial charge in [-0.2, -0.15) is 5.26 Å². The molecule has 1 aromatic heterocycles. The van der Waals surface area contributed by atoms with Crippen LogP contribution < -0.4 is 10.2 Å². The third-order valence-electron chi connectivity index (χ3n) is 5.25. The molecule has 0 saturated carbocycles. The Morgan fingerprint density at radius 3 is 2.84 bits per heavy atom. The molecule has 128 valence electrons. The van der Waals surface area contributed by atoms with E-state index >= 15 is 0 Å². The molecule has 2 aliphatic rings. The predicted octanol–water partition coefficient (Wildman–Crippen LogP) is 2.08. The average Bonchev–Trinajstić information content (AvgIpc) is 2.98. The summed E-state index contributed by atoms with van der Waals surface area (Å²) in [6, 6.07) is 10.8. The van der Waals surface area contributed by atoms with Gasteiger partial charge in [0, 0.05) is 16.9 Å². The van der Waals surface area contributed by atoms with E-state index in [-0.39, 0.29) is 5.91 Å². The summed E-state index contributed by atoms with van der Waals surface area (Å²) in [7, 11) is 0. The number of nitrogens with one attached hydrogen (secondary N) is 2. The molecule has 0 fully saturated rings. The molecule has 4 rings (SSSR count). The second-order valence-electron chi connectivity index (χ2n) is 6.95. The van der Waals surface area contributed by atoms with Crippen LogP contribution in [0.4, 0.5) is 5.00 Å². The number of nitriles is 1. The molecule has 0 saturated heterocycles. The second-order valence-corrected chi connectivity index (χ2v) is 8.05. The van der Waals surface area contributed by atoms with Crippen LogP contribution in [-0.4, -0.2) is 19.0 Å². The highest BCUT2D eigenvalue weighted by molar-refractivity contribution is 7.16. The topological polar surface area (TPSA) is 57.3 Å². The van der Waals surface area contributed by atoms with Gasteiger partial charge in [0.1, 0.15) is 17.6 Å². The highest BCUT2D eigenvalue weighted by Crippen LogP contribution is 2.37.